The van der Waals surface area contributed by atoms with Crippen LogP contribution in [-0.2, 0) is 4.79 Å². The lowest BCUT2D eigenvalue weighted by atomic mass is 9.84. The summed E-state index contributed by atoms with van der Waals surface area (Å²) in [6.45, 7) is 1.70. The van der Waals surface area contributed by atoms with E-state index in [1.54, 1.807) is 0 Å². The topological polar surface area (TPSA) is 41.1 Å². The molecule has 20 heavy (non-hydrogen) atoms. The molecule has 1 aromatic carbocycles. The summed E-state index contributed by atoms with van der Waals surface area (Å²) in [4.78, 5) is 12.2. The van der Waals surface area contributed by atoms with E-state index in [2.05, 4.69) is 29.0 Å². The van der Waals surface area contributed by atoms with Crippen LogP contribution in [0.3, 0.4) is 0 Å². The average Bonchev–Trinajstić information content (AvgIpc) is 2.82. The van der Waals surface area contributed by atoms with Crippen LogP contribution in [0.25, 0.3) is 0 Å². The molecule has 1 saturated carbocycles. The highest BCUT2D eigenvalue weighted by atomic mass is 32.2. The van der Waals surface area contributed by atoms with Crippen LogP contribution in [0.4, 0.5) is 5.69 Å². The third-order valence-electron chi connectivity index (χ3n) is 4.68. The molecule has 3 rings (SSSR count). The van der Waals surface area contributed by atoms with Crippen LogP contribution in [0.2, 0.25) is 0 Å². The Labute approximate surface area is 124 Å². The minimum absolute atomic E-state index is 0.189. The van der Waals surface area contributed by atoms with Gasteiger partial charge >= 0.3 is 0 Å². The minimum atomic E-state index is 0.189. The van der Waals surface area contributed by atoms with E-state index >= 15 is 0 Å². The summed E-state index contributed by atoms with van der Waals surface area (Å²) < 4.78 is 0.321. The van der Waals surface area contributed by atoms with Crippen molar-refractivity contribution in [1.82, 2.24) is 5.32 Å². The third-order valence-corrected chi connectivity index (χ3v) is 6.10. The van der Waals surface area contributed by atoms with Crippen LogP contribution in [0.5, 0.6) is 0 Å². The van der Waals surface area contributed by atoms with Gasteiger partial charge in [0.05, 0.1) is 0 Å². The fourth-order valence-corrected chi connectivity index (χ4v) is 4.03. The molecular weight excluding hydrogens is 268 g/mol. The summed E-state index contributed by atoms with van der Waals surface area (Å²) in [6.07, 6.45) is 6.53. The second-order valence-corrected chi connectivity index (χ2v) is 7.16. The first-order valence-electron chi connectivity index (χ1n) is 7.37. The molecule has 1 heterocycles. The van der Waals surface area contributed by atoms with Crippen LogP contribution in [0.15, 0.2) is 24.3 Å². The van der Waals surface area contributed by atoms with Gasteiger partial charge in [-0.15, -0.1) is 0 Å². The van der Waals surface area contributed by atoms with Gasteiger partial charge in [0, 0.05) is 35.9 Å². The Kier molecular flexibility index (Phi) is 3.92. The number of fused-ring (bicyclic) bond motifs is 1. The van der Waals surface area contributed by atoms with E-state index < -0.39 is 0 Å². The van der Waals surface area contributed by atoms with Crippen LogP contribution in [-0.4, -0.2) is 30.0 Å². The fourth-order valence-electron chi connectivity index (χ4n) is 3.12. The van der Waals surface area contributed by atoms with Crippen molar-refractivity contribution in [2.45, 2.75) is 36.3 Å². The maximum atomic E-state index is 12.2. The molecule has 1 amide bonds. The van der Waals surface area contributed by atoms with Gasteiger partial charge in [-0.25, -0.2) is 0 Å². The number of benzene rings is 1. The largest absolute Gasteiger partial charge is 0.384 e. The van der Waals surface area contributed by atoms with E-state index in [0.29, 0.717) is 17.1 Å². The Balaban J connectivity index is 1.53. The van der Waals surface area contributed by atoms with E-state index in [-0.39, 0.29) is 5.91 Å². The Bertz CT molecular complexity index is 493. The molecule has 0 saturated heterocycles. The number of para-hydroxylation sites is 1. The number of rotatable bonds is 5. The molecule has 0 spiro atoms. The van der Waals surface area contributed by atoms with Crippen molar-refractivity contribution in [3.8, 4) is 0 Å². The van der Waals surface area contributed by atoms with Crippen molar-refractivity contribution in [2.24, 2.45) is 0 Å². The fraction of sp³-hybridized carbons (Fsp3) is 0.562. The van der Waals surface area contributed by atoms with Crippen LogP contribution in [0, 0.1) is 0 Å². The lowest BCUT2D eigenvalue weighted by molar-refractivity contribution is -0.121. The Hall–Kier alpha value is -1.16. The van der Waals surface area contributed by atoms with Gasteiger partial charge < -0.3 is 10.6 Å². The predicted octanol–water partition coefficient (Wildman–Crippen LogP) is 2.99. The minimum Gasteiger partial charge on any atom is -0.384 e. The Morgan fingerprint density at radius 2 is 2.25 bits per heavy atom. The van der Waals surface area contributed by atoms with Gasteiger partial charge in [-0.05, 0) is 30.7 Å². The predicted molar refractivity (Wildman–Crippen MR) is 85.4 cm³/mol. The first kappa shape index (κ1) is 13.8. The third kappa shape index (κ3) is 2.66. The monoisotopic (exact) mass is 290 g/mol. The normalized spacial score (nSPS) is 22.6. The van der Waals surface area contributed by atoms with Crippen molar-refractivity contribution >= 4 is 23.4 Å². The van der Waals surface area contributed by atoms with E-state index in [4.69, 9.17) is 0 Å². The molecule has 2 N–H and O–H groups in total. The zero-order valence-corrected chi connectivity index (χ0v) is 12.8. The summed E-state index contributed by atoms with van der Waals surface area (Å²) in [6, 6.07) is 8.30. The first-order chi connectivity index (χ1) is 9.72. The van der Waals surface area contributed by atoms with Gasteiger partial charge in [0.2, 0.25) is 5.91 Å². The summed E-state index contributed by atoms with van der Waals surface area (Å²) in [5.41, 5.74) is 2.47. The second-order valence-electron chi connectivity index (χ2n) is 5.89. The lowest BCUT2D eigenvalue weighted by Crippen LogP contribution is -2.45. The lowest BCUT2D eigenvalue weighted by Gasteiger charge is -2.40. The molecule has 4 heteroatoms. The second kappa shape index (κ2) is 5.68. The number of hydrogen-bond acceptors (Lipinski definition) is 3. The number of hydrogen-bond donors (Lipinski definition) is 2. The maximum Gasteiger partial charge on any atom is 0.220 e. The zero-order valence-electron chi connectivity index (χ0n) is 11.9. The highest BCUT2D eigenvalue weighted by Crippen LogP contribution is 2.42. The molecule has 1 unspecified atom stereocenters. The quantitative estimate of drug-likeness (QED) is 0.876. The summed E-state index contributed by atoms with van der Waals surface area (Å²) in [5, 5.41) is 6.52. The standard InChI is InChI=1S/C16H22N2OS/c1-20-16(7-4-8-16)11-18-15(19)9-12-10-17-14-6-3-2-5-13(12)14/h2-3,5-6,12,17H,4,7-11H2,1H3,(H,18,19). The van der Waals surface area contributed by atoms with E-state index in [1.807, 2.05) is 23.9 Å². The number of nitrogens with one attached hydrogen (secondary N) is 2. The molecule has 1 atom stereocenters. The molecule has 1 aliphatic heterocycles. The first-order valence-corrected chi connectivity index (χ1v) is 8.60. The number of carbonyl (C=O) groups excluding carboxylic acids is 1. The van der Waals surface area contributed by atoms with Crippen molar-refractivity contribution in [1.29, 1.82) is 0 Å². The van der Waals surface area contributed by atoms with Gasteiger partial charge in [0.25, 0.3) is 0 Å². The number of carbonyl (C=O) groups is 1. The smallest absolute Gasteiger partial charge is 0.220 e. The Morgan fingerprint density at radius 1 is 1.45 bits per heavy atom. The number of thioether (sulfide) groups is 1. The molecular formula is C16H22N2OS. The van der Waals surface area contributed by atoms with Crippen LogP contribution >= 0.6 is 11.8 Å². The van der Waals surface area contributed by atoms with Gasteiger partial charge in [0.1, 0.15) is 0 Å². The Morgan fingerprint density at radius 3 is 2.95 bits per heavy atom. The maximum absolute atomic E-state index is 12.2. The summed E-state index contributed by atoms with van der Waals surface area (Å²) in [5.74, 6) is 0.506. The molecule has 3 nitrogen and oxygen atoms in total. The molecule has 1 aromatic rings. The molecule has 2 aliphatic rings. The highest BCUT2D eigenvalue weighted by molar-refractivity contribution is 8.00. The van der Waals surface area contributed by atoms with Crippen molar-refractivity contribution in [2.75, 3.05) is 24.7 Å². The highest BCUT2D eigenvalue weighted by Gasteiger charge is 2.36. The average molecular weight is 290 g/mol. The molecule has 1 fully saturated rings. The molecule has 108 valence electrons. The molecule has 0 aromatic heterocycles. The molecule has 0 bridgehead atoms. The van der Waals surface area contributed by atoms with Crippen LogP contribution < -0.4 is 10.6 Å². The number of anilines is 1. The van der Waals surface area contributed by atoms with Crippen molar-refractivity contribution in [3.63, 3.8) is 0 Å². The van der Waals surface area contributed by atoms with E-state index in [1.165, 1.54) is 30.5 Å². The van der Waals surface area contributed by atoms with Gasteiger partial charge in [-0.3, -0.25) is 4.79 Å². The van der Waals surface area contributed by atoms with Crippen LogP contribution in [0.1, 0.15) is 37.2 Å². The van der Waals surface area contributed by atoms with Gasteiger partial charge in [0.15, 0.2) is 0 Å². The summed E-state index contributed by atoms with van der Waals surface area (Å²) in [7, 11) is 0. The molecule has 1 aliphatic carbocycles. The summed E-state index contributed by atoms with van der Waals surface area (Å²) >= 11 is 1.91. The molecule has 0 radical (unpaired) electrons. The van der Waals surface area contributed by atoms with E-state index in [9.17, 15) is 4.79 Å². The van der Waals surface area contributed by atoms with Gasteiger partial charge in [-0.2, -0.15) is 11.8 Å². The number of amides is 1. The van der Waals surface area contributed by atoms with E-state index in [0.717, 1.165) is 13.1 Å². The van der Waals surface area contributed by atoms with Crippen molar-refractivity contribution in [3.05, 3.63) is 29.8 Å². The zero-order chi connectivity index (χ0) is 14.0. The van der Waals surface area contributed by atoms with Gasteiger partial charge in [-0.1, -0.05) is 24.6 Å². The van der Waals surface area contributed by atoms with Crippen molar-refractivity contribution < 1.29 is 4.79 Å². The SMILES string of the molecule is CSC1(CNC(=O)CC2CNc3ccccc32)CCC1.